The fourth-order valence-corrected chi connectivity index (χ4v) is 4.10. The SMILES string of the molecule is COc1cc(-c2cc(CN(CC3CCCO3)C(=O)Nc3ccccc3C)no2)cc(OC)c1OC. The molecule has 1 aliphatic rings. The van der Waals surface area contributed by atoms with E-state index in [1.165, 1.54) is 0 Å². The van der Waals surface area contributed by atoms with Crippen molar-refractivity contribution in [1.29, 1.82) is 0 Å². The summed E-state index contributed by atoms with van der Waals surface area (Å²) >= 11 is 0. The van der Waals surface area contributed by atoms with Gasteiger partial charge in [0, 0.05) is 30.5 Å². The summed E-state index contributed by atoms with van der Waals surface area (Å²) in [5, 5.41) is 7.23. The van der Waals surface area contributed by atoms with Crippen LogP contribution >= 0.6 is 0 Å². The molecule has 1 atom stereocenters. The van der Waals surface area contributed by atoms with Gasteiger partial charge in [-0.05, 0) is 43.5 Å². The van der Waals surface area contributed by atoms with Crippen molar-refractivity contribution >= 4 is 11.7 Å². The van der Waals surface area contributed by atoms with Crippen LogP contribution in [0.15, 0.2) is 47.0 Å². The minimum atomic E-state index is -0.216. The van der Waals surface area contributed by atoms with E-state index < -0.39 is 0 Å². The van der Waals surface area contributed by atoms with Gasteiger partial charge < -0.3 is 33.7 Å². The highest BCUT2D eigenvalue weighted by molar-refractivity contribution is 5.90. The topological polar surface area (TPSA) is 95.3 Å². The summed E-state index contributed by atoms with van der Waals surface area (Å²) in [5.74, 6) is 2.04. The number of methoxy groups -OCH3 is 3. The number of benzene rings is 2. The number of aromatic nitrogens is 1. The lowest BCUT2D eigenvalue weighted by Crippen LogP contribution is -2.39. The molecule has 4 rings (SSSR count). The summed E-state index contributed by atoms with van der Waals surface area (Å²) < 4.78 is 27.7. The molecule has 9 heteroatoms. The van der Waals surface area contributed by atoms with E-state index in [9.17, 15) is 4.79 Å². The highest BCUT2D eigenvalue weighted by atomic mass is 16.5. The number of hydrogen-bond donors (Lipinski definition) is 1. The zero-order valence-corrected chi connectivity index (χ0v) is 20.5. The first-order valence-corrected chi connectivity index (χ1v) is 11.5. The number of amides is 2. The fraction of sp³-hybridized carbons (Fsp3) is 0.385. The van der Waals surface area contributed by atoms with Crippen molar-refractivity contribution in [3.8, 4) is 28.6 Å². The first-order chi connectivity index (χ1) is 17.0. The average Bonchev–Trinajstić information content (AvgIpc) is 3.56. The molecule has 3 aromatic rings. The summed E-state index contributed by atoms with van der Waals surface area (Å²) in [6.45, 7) is 3.41. The molecule has 1 N–H and O–H groups in total. The Hall–Kier alpha value is -3.72. The molecular formula is C26H31N3O6. The van der Waals surface area contributed by atoms with Gasteiger partial charge in [0.25, 0.3) is 0 Å². The molecule has 9 nitrogen and oxygen atoms in total. The van der Waals surface area contributed by atoms with Gasteiger partial charge in [0.2, 0.25) is 5.75 Å². The standard InChI is InChI=1S/C26H31N3O6/c1-17-8-5-6-10-21(17)27-26(30)29(16-20-9-7-11-34-20)15-19-14-22(35-28-19)18-12-23(31-2)25(33-4)24(13-18)32-3/h5-6,8,10,12-14,20H,7,9,11,15-16H2,1-4H3,(H,27,30). The zero-order chi connectivity index (χ0) is 24.8. The minimum absolute atomic E-state index is 0.000831. The summed E-state index contributed by atoms with van der Waals surface area (Å²) in [4.78, 5) is 14.9. The van der Waals surface area contributed by atoms with Crippen LogP contribution in [0.4, 0.5) is 10.5 Å². The van der Waals surface area contributed by atoms with E-state index in [-0.39, 0.29) is 18.7 Å². The molecule has 2 heterocycles. The highest BCUT2D eigenvalue weighted by Crippen LogP contribution is 2.41. The monoisotopic (exact) mass is 481 g/mol. The number of carbonyl (C=O) groups excluding carboxylic acids is 1. The molecular weight excluding hydrogens is 450 g/mol. The second-order valence-corrected chi connectivity index (χ2v) is 8.36. The molecule has 2 aromatic carbocycles. The Morgan fingerprint density at radius 3 is 2.49 bits per heavy atom. The fourth-order valence-electron chi connectivity index (χ4n) is 4.10. The first kappa shape index (κ1) is 24.4. The number of hydrogen-bond acceptors (Lipinski definition) is 7. The Bertz CT molecular complexity index is 1130. The Labute approximate surface area is 204 Å². The lowest BCUT2D eigenvalue weighted by molar-refractivity contribution is 0.0814. The normalized spacial score (nSPS) is 15.0. The number of ether oxygens (including phenoxy) is 4. The summed E-state index contributed by atoms with van der Waals surface area (Å²) in [6.07, 6.45) is 1.91. The maximum atomic E-state index is 13.2. The third-order valence-electron chi connectivity index (χ3n) is 5.98. The molecule has 0 saturated carbocycles. The van der Waals surface area contributed by atoms with Gasteiger partial charge in [-0.25, -0.2) is 4.79 Å². The van der Waals surface area contributed by atoms with Crippen molar-refractivity contribution in [3.05, 3.63) is 53.7 Å². The van der Waals surface area contributed by atoms with E-state index in [4.69, 9.17) is 23.5 Å². The second kappa shape index (κ2) is 11.1. The number of aryl methyl sites for hydroxylation is 1. The number of carbonyl (C=O) groups is 1. The van der Waals surface area contributed by atoms with Gasteiger partial charge in [-0.1, -0.05) is 23.4 Å². The zero-order valence-electron chi connectivity index (χ0n) is 20.5. The molecule has 35 heavy (non-hydrogen) atoms. The van der Waals surface area contributed by atoms with Gasteiger partial charge in [0.15, 0.2) is 17.3 Å². The van der Waals surface area contributed by atoms with Gasteiger partial charge >= 0.3 is 6.03 Å². The Kier molecular flexibility index (Phi) is 7.77. The summed E-state index contributed by atoms with van der Waals surface area (Å²) in [5.41, 5.74) is 3.09. The van der Waals surface area contributed by atoms with Crippen molar-refractivity contribution < 1.29 is 28.3 Å². The highest BCUT2D eigenvalue weighted by Gasteiger charge is 2.25. The number of rotatable bonds is 9. The quantitative estimate of drug-likeness (QED) is 0.465. The van der Waals surface area contributed by atoms with E-state index in [2.05, 4.69) is 10.5 Å². The Morgan fingerprint density at radius 1 is 1.11 bits per heavy atom. The molecule has 0 radical (unpaired) electrons. The lowest BCUT2D eigenvalue weighted by atomic mass is 10.1. The number of nitrogens with zero attached hydrogens (tertiary/aromatic N) is 2. The first-order valence-electron chi connectivity index (χ1n) is 11.5. The van der Waals surface area contributed by atoms with Crippen LogP contribution in [0.3, 0.4) is 0 Å². The van der Waals surface area contributed by atoms with Gasteiger partial charge in [-0.15, -0.1) is 0 Å². The van der Waals surface area contributed by atoms with Crippen LogP contribution < -0.4 is 19.5 Å². The minimum Gasteiger partial charge on any atom is -0.493 e. The number of para-hydroxylation sites is 1. The molecule has 0 bridgehead atoms. The van der Waals surface area contributed by atoms with Crippen molar-refractivity contribution in [1.82, 2.24) is 10.1 Å². The van der Waals surface area contributed by atoms with Crippen LogP contribution in [-0.2, 0) is 11.3 Å². The molecule has 0 aliphatic carbocycles. The van der Waals surface area contributed by atoms with E-state index in [1.54, 1.807) is 38.4 Å². The van der Waals surface area contributed by atoms with Crippen LogP contribution in [0, 0.1) is 6.92 Å². The van der Waals surface area contributed by atoms with E-state index in [0.717, 1.165) is 24.1 Å². The van der Waals surface area contributed by atoms with E-state index in [0.29, 0.717) is 47.4 Å². The molecule has 1 fully saturated rings. The molecule has 0 spiro atoms. The Balaban J connectivity index is 1.56. The Morgan fingerprint density at radius 2 is 1.86 bits per heavy atom. The van der Waals surface area contributed by atoms with Crippen LogP contribution in [-0.4, -0.2) is 56.7 Å². The largest absolute Gasteiger partial charge is 0.493 e. The predicted molar refractivity (Wildman–Crippen MR) is 131 cm³/mol. The van der Waals surface area contributed by atoms with Gasteiger partial charge in [0.05, 0.1) is 34.0 Å². The van der Waals surface area contributed by atoms with Gasteiger partial charge in [0.1, 0.15) is 5.69 Å². The van der Waals surface area contributed by atoms with Crippen molar-refractivity contribution in [3.63, 3.8) is 0 Å². The van der Waals surface area contributed by atoms with Crippen LogP contribution in [0.25, 0.3) is 11.3 Å². The van der Waals surface area contributed by atoms with Crippen LogP contribution in [0.1, 0.15) is 24.1 Å². The van der Waals surface area contributed by atoms with Crippen molar-refractivity contribution in [2.45, 2.75) is 32.4 Å². The smallest absolute Gasteiger partial charge is 0.322 e. The van der Waals surface area contributed by atoms with Crippen LogP contribution in [0.5, 0.6) is 17.2 Å². The summed E-state index contributed by atoms with van der Waals surface area (Å²) in [7, 11) is 4.67. The van der Waals surface area contributed by atoms with E-state index >= 15 is 0 Å². The molecule has 1 aliphatic heterocycles. The lowest BCUT2D eigenvalue weighted by Gasteiger charge is -2.25. The van der Waals surface area contributed by atoms with Crippen molar-refractivity contribution in [2.75, 3.05) is 39.8 Å². The maximum Gasteiger partial charge on any atom is 0.322 e. The number of nitrogens with one attached hydrogen (secondary N) is 1. The molecule has 2 amide bonds. The predicted octanol–water partition coefficient (Wildman–Crippen LogP) is 4.89. The third-order valence-corrected chi connectivity index (χ3v) is 5.98. The number of anilines is 1. The van der Waals surface area contributed by atoms with Crippen molar-refractivity contribution in [2.24, 2.45) is 0 Å². The van der Waals surface area contributed by atoms with Gasteiger partial charge in [-0.3, -0.25) is 0 Å². The molecule has 1 unspecified atom stereocenters. The van der Waals surface area contributed by atoms with Gasteiger partial charge in [-0.2, -0.15) is 0 Å². The number of urea groups is 1. The summed E-state index contributed by atoms with van der Waals surface area (Å²) in [6, 6.07) is 12.9. The third kappa shape index (κ3) is 5.68. The van der Waals surface area contributed by atoms with Crippen LogP contribution in [0.2, 0.25) is 0 Å². The maximum absolute atomic E-state index is 13.2. The molecule has 1 saturated heterocycles. The average molecular weight is 482 g/mol. The second-order valence-electron chi connectivity index (χ2n) is 8.36. The van der Waals surface area contributed by atoms with E-state index in [1.807, 2.05) is 37.3 Å². The molecule has 186 valence electrons. The molecule has 1 aromatic heterocycles.